The van der Waals surface area contributed by atoms with Crippen molar-refractivity contribution in [3.8, 4) is 0 Å². The summed E-state index contributed by atoms with van der Waals surface area (Å²) in [5, 5.41) is 3.00. The maximum absolute atomic E-state index is 13.5. The zero-order valence-corrected chi connectivity index (χ0v) is 25.0. The van der Waals surface area contributed by atoms with Crippen LogP contribution in [0.15, 0.2) is 24.3 Å². The van der Waals surface area contributed by atoms with Gasteiger partial charge in [-0.3, -0.25) is 14.4 Å². The Kier molecular flexibility index (Phi) is 12.0. The van der Waals surface area contributed by atoms with E-state index in [0.717, 1.165) is 6.04 Å². The van der Waals surface area contributed by atoms with Crippen LogP contribution < -0.4 is 5.32 Å². The van der Waals surface area contributed by atoms with Crippen LogP contribution in [0.4, 0.5) is 0 Å². The number of amides is 2. The monoisotopic (exact) mass is 579 g/mol. The molecule has 4 aliphatic rings. The molecule has 9 heteroatoms. The van der Waals surface area contributed by atoms with Crippen LogP contribution in [0.3, 0.4) is 0 Å². The van der Waals surface area contributed by atoms with Crippen LogP contribution in [-0.2, 0) is 14.3 Å². The van der Waals surface area contributed by atoms with Gasteiger partial charge in [-0.15, -0.1) is 0 Å². The smallest absolute Gasteiger partial charge is 0.251 e. The Morgan fingerprint density at radius 3 is 2.21 bits per heavy atom. The first-order valence-electron chi connectivity index (χ1n) is 13.8. The molecule has 3 atom stereocenters. The van der Waals surface area contributed by atoms with Crippen LogP contribution in [0.2, 0.25) is 0 Å². The Morgan fingerprint density at radius 1 is 1.00 bits per heavy atom. The predicted molar refractivity (Wildman–Crippen MR) is 165 cm³/mol. The number of likely N-dealkylation sites (tertiary alicyclic amines) is 2. The zero-order chi connectivity index (χ0) is 25.4. The van der Waals surface area contributed by atoms with Crippen molar-refractivity contribution in [2.75, 3.05) is 26.2 Å². The molecule has 3 aliphatic heterocycles. The van der Waals surface area contributed by atoms with Gasteiger partial charge < -0.3 is 19.9 Å². The van der Waals surface area contributed by atoms with Crippen molar-refractivity contribution in [3.05, 3.63) is 35.4 Å². The molecule has 4 fully saturated rings. The Labute approximate surface area is 248 Å². The van der Waals surface area contributed by atoms with E-state index in [4.69, 9.17) is 4.74 Å². The van der Waals surface area contributed by atoms with Crippen LogP contribution in [-0.4, -0.2) is 77.9 Å². The van der Waals surface area contributed by atoms with Gasteiger partial charge in [0.05, 0.1) is 6.10 Å². The molecule has 1 aromatic rings. The first-order valence-corrected chi connectivity index (χ1v) is 13.8. The molecule has 7 nitrogen and oxygen atoms in total. The minimum absolute atomic E-state index is 0. The molecule has 0 bridgehead atoms. The number of hydrogen-bond acceptors (Lipinski definition) is 5. The van der Waals surface area contributed by atoms with Crippen molar-refractivity contribution < 1.29 is 19.1 Å². The average Bonchev–Trinajstić information content (AvgIpc) is 3.40. The lowest BCUT2D eigenvalue weighted by atomic mass is 9.85. The number of hydrogen-bond donors (Lipinski definition) is 1. The summed E-state index contributed by atoms with van der Waals surface area (Å²) in [6.45, 7) is 9.06. The number of benzene rings is 1. The van der Waals surface area contributed by atoms with Crippen LogP contribution in [0.5, 0.6) is 0 Å². The van der Waals surface area contributed by atoms with Crippen LogP contribution >= 0.6 is 27.0 Å². The van der Waals surface area contributed by atoms with Gasteiger partial charge in [-0.05, 0) is 80.6 Å². The molecule has 3 heterocycles. The van der Waals surface area contributed by atoms with Crippen molar-refractivity contribution in [1.29, 1.82) is 0 Å². The van der Waals surface area contributed by atoms with E-state index in [9.17, 15) is 14.4 Å². The first-order chi connectivity index (χ1) is 17.2. The molecule has 1 N–H and O–H groups in total. The van der Waals surface area contributed by atoms with Gasteiger partial charge in [0.1, 0.15) is 18.7 Å². The quantitative estimate of drug-likeness (QED) is 0.541. The number of piperidine rings is 1. The van der Waals surface area contributed by atoms with E-state index in [2.05, 4.69) is 43.1 Å². The number of Topliss-reactive ketones (excluding diaryl/α,β-unsaturated/α-hetero) is 1. The van der Waals surface area contributed by atoms with E-state index in [1.54, 1.807) is 4.90 Å². The minimum atomic E-state index is -0.680. The van der Waals surface area contributed by atoms with Crippen LogP contribution in [0, 0.1) is 5.41 Å². The largest absolute Gasteiger partial charge is 0.368 e. The van der Waals surface area contributed by atoms with Crippen molar-refractivity contribution in [1.82, 2.24) is 15.1 Å². The minimum Gasteiger partial charge on any atom is -0.368 e. The molecule has 0 radical (unpaired) electrons. The van der Waals surface area contributed by atoms with Gasteiger partial charge in [-0.2, -0.15) is 27.0 Å². The maximum Gasteiger partial charge on any atom is 0.251 e. The molecule has 3 saturated heterocycles. The highest BCUT2D eigenvalue weighted by molar-refractivity contribution is 7.59. The van der Waals surface area contributed by atoms with Gasteiger partial charge in [0, 0.05) is 18.2 Å². The molecule has 2 amide bonds. The van der Waals surface area contributed by atoms with Crippen LogP contribution in [0.25, 0.3) is 0 Å². The van der Waals surface area contributed by atoms with E-state index in [1.807, 2.05) is 12.1 Å². The molecule has 1 saturated carbocycles. The third kappa shape index (κ3) is 7.60. The van der Waals surface area contributed by atoms with Crippen molar-refractivity contribution >= 4 is 44.6 Å². The number of nitrogens with one attached hydrogen (secondary N) is 1. The average molecular weight is 580 g/mol. The Balaban J connectivity index is 0.00000178. The number of fused-ring (bicyclic) bond motifs is 1. The lowest BCUT2D eigenvalue weighted by Crippen LogP contribution is -2.53. The molecule has 0 spiro atoms. The maximum atomic E-state index is 13.5. The number of carbonyl (C=O) groups is 3. The highest BCUT2D eigenvalue weighted by Gasteiger charge is 2.48. The molecule has 0 unspecified atom stereocenters. The number of nitrogens with zero attached hydrogens (tertiary/aromatic N) is 2. The highest BCUT2D eigenvalue weighted by atomic mass is 32.1. The van der Waals surface area contributed by atoms with Crippen molar-refractivity contribution in [3.63, 3.8) is 0 Å². The second-order valence-electron chi connectivity index (χ2n) is 12.4. The number of carbonyl (C=O) groups excluding carboxylic acids is 3. The summed E-state index contributed by atoms with van der Waals surface area (Å²) < 4.78 is 5.55. The second kappa shape index (κ2) is 13.9. The highest BCUT2D eigenvalue weighted by Crippen LogP contribution is 2.34. The van der Waals surface area contributed by atoms with Gasteiger partial charge in [0.15, 0.2) is 5.78 Å². The summed E-state index contributed by atoms with van der Waals surface area (Å²) in [5.74, 6) is 0.0805. The summed E-state index contributed by atoms with van der Waals surface area (Å²) in [4.78, 5) is 43.4. The normalized spacial score (nSPS) is 24.5. The summed E-state index contributed by atoms with van der Waals surface area (Å²) >= 11 is 0. The summed E-state index contributed by atoms with van der Waals surface area (Å²) in [6.07, 6.45) is 7.39. The molecular weight excluding hydrogens is 530 g/mol. The SMILES string of the molecule is C.CC(C)(C)C[C@H](NC(=O)c1ccc(C2CCN(C3CCC3)CC2)cc1)C(=O)N1CC[C@H]2OCC(=O)[C@H]21.S.S. The number of ketones is 1. The number of ether oxygens (including phenoxy) is 1. The third-order valence-electron chi connectivity index (χ3n) is 8.58. The van der Waals surface area contributed by atoms with Crippen LogP contribution in [0.1, 0.15) is 95.0 Å². The summed E-state index contributed by atoms with van der Waals surface area (Å²) in [7, 11) is 0. The summed E-state index contributed by atoms with van der Waals surface area (Å²) in [5.41, 5.74) is 1.70. The molecule has 1 aliphatic carbocycles. The third-order valence-corrected chi connectivity index (χ3v) is 8.58. The van der Waals surface area contributed by atoms with E-state index >= 15 is 0 Å². The Hall–Kier alpha value is -1.55. The lowest BCUT2D eigenvalue weighted by molar-refractivity contribution is -0.138. The fraction of sp³-hybridized carbons (Fsp3) is 0.700. The van der Waals surface area contributed by atoms with Crippen molar-refractivity contribution in [2.24, 2.45) is 5.41 Å². The van der Waals surface area contributed by atoms with Gasteiger partial charge in [0.25, 0.3) is 5.91 Å². The predicted octanol–water partition coefficient (Wildman–Crippen LogP) is 4.38. The molecule has 39 heavy (non-hydrogen) atoms. The van der Waals surface area contributed by atoms with Gasteiger partial charge in [-0.1, -0.05) is 46.8 Å². The van der Waals surface area contributed by atoms with Gasteiger partial charge >= 0.3 is 0 Å². The zero-order valence-electron chi connectivity index (χ0n) is 23.0. The second-order valence-corrected chi connectivity index (χ2v) is 12.4. The van der Waals surface area contributed by atoms with E-state index in [-0.39, 0.29) is 70.1 Å². The van der Waals surface area contributed by atoms with Gasteiger partial charge in [0.2, 0.25) is 5.91 Å². The lowest BCUT2D eigenvalue weighted by Gasteiger charge is -2.42. The molecule has 0 aromatic heterocycles. The number of rotatable bonds is 6. The Bertz CT molecular complexity index is 985. The van der Waals surface area contributed by atoms with Gasteiger partial charge in [-0.25, -0.2) is 0 Å². The molecular formula is C30H49N3O4S2. The van der Waals surface area contributed by atoms with E-state index < -0.39 is 12.1 Å². The topological polar surface area (TPSA) is 79.0 Å². The van der Waals surface area contributed by atoms with E-state index in [1.165, 1.54) is 50.8 Å². The summed E-state index contributed by atoms with van der Waals surface area (Å²) in [6, 6.07) is 7.57. The molecule has 220 valence electrons. The standard InChI is InChI=1S/C29H41N3O4.CH4.2H2S/c1-29(2,3)17-23(28(35)32-16-13-25-26(32)24(33)18-36-25)30-27(34)21-9-7-19(8-10-21)20-11-14-31(15-12-20)22-5-4-6-22;;;/h7-10,20,22-23,25-26H,4-6,11-18H2,1-3H3,(H,30,34);1H4;2*1H2/t23-,25+,26+;;;/m0.../s1. The molecule has 5 rings (SSSR count). The first kappa shape index (κ1) is 33.7. The van der Waals surface area contributed by atoms with E-state index in [0.29, 0.717) is 30.9 Å². The molecule has 1 aromatic carbocycles. The fourth-order valence-corrected chi connectivity index (χ4v) is 6.35. The fourth-order valence-electron chi connectivity index (χ4n) is 6.35. The van der Waals surface area contributed by atoms with Crippen molar-refractivity contribution in [2.45, 2.75) is 103 Å². The Morgan fingerprint density at radius 2 is 1.64 bits per heavy atom.